The second-order valence-electron chi connectivity index (χ2n) is 6.59. The number of pyridine rings is 1. The van der Waals surface area contributed by atoms with E-state index < -0.39 is 11.5 Å². The molecule has 10 heteroatoms. The molecule has 3 heterocycles. The SMILES string of the molecule is O=C(O)c1ccc(=O)n(-c2cncc(-c3cnnn3CCOCc3ccccc3)c2)n1. The molecule has 0 fully saturated rings. The number of carbonyl (C=O) groups is 1. The summed E-state index contributed by atoms with van der Waals surface area (Å²) in [6, 6.07) is 13.8. The van der Waals surface area contributed by atoms with Crippen LogP contribution >= 0.6 is 0 Å². The minimum atomic E-state index is -1.23. The highest BCUT2D eigenvalue weighted by atomic mass is 16.5. The zero-order valence-corrected chi connectivity index (χ0v) is 16.3. The third-order valence-corrected chi connectivity index (χ3v) is 4.46. The third kappa shape index (κ3) is 4.70. The van der Waals surface area contributed by atoms with Gasteiger partial charge in [0.2, 0.25) is 0 Å². The fourth-order valence-electron chi connectivity index (χ4n) is 2.96. The summed E-state index contributed by atoms with van der Waals surface area (Å²) in [6.07, 6.45) is 4.62. The van der Waals surface area contributed by atoms with Crippen LogP contribution in [0.1, 0.15) is 16.1 Å². The van der Waals surface area contributed by atoms with E-state index in [1.807, 2.05) is 30.3 Å². The molecule has 0 radical (unpaired) electrons. The van der Waals surface area contributed by atoms with Crippen LogP contribution in [-0.4, -0.2) is 47.4 Å². The topological polar surface area (TPSA) is 125 Å². The maximum Gasteiger partial charge on any atom is 0.356 e. The summed E-state index contributed by atoms with van der Waals surface area (Å²) in [5, 5.41) is 21.1. The van der Waals surface area contributed by atoms with Crippen LogP contribution in [0.4, 0.5) is 0 Å². The highest BCUT2D eigenvalue weighted by Gasteiger charge is 2.12. The van der Waals surface area contributed by atoms with E-state index in [9.17, 15) is 9.59 Å². The van der Waals surface area contributed by atoms with Crippen molar-refractivity contribution in [3.05, 3.63) is 88.7 Å². The number of aromatic nitrogens is 6. The van der Waals surface area contributed by atoms with Gasteiger partial charge < -0.3 is 9.84 Å². The fourth-order valence-corrected chi connectivity index (χ4v) is 2.96. The molecule has 1 N–H and O–H groups in total. The molecule has 156 valence electrons. The molecule has 0 aliphatic heterocycles. The standard InChI is InChI=1S/C21H18N6O4/c28-20-7-6-18(21(29)30)24-27(20)17-10-16(11-22-12-17)19-13-23-25-26(19)8-9-31-14-15-4-2-1-3-5-15/h1-7,10-13H,8-9,14H2,(H,29,30). The van der Waals surface area contributed by atoms with Gasteiger partial charge in [-0.2, -0.15) is 9.78 Å². The van der Waals surface area contributed by atoms with Crippen LogP contribution in [0.15, 0.2) is 71.9 Å². The Balaban J connectivity index is 1.52. The van der Waals surface area contributed by atoms with Gasteiger partial charge in [-0.05, 0) is 17.7 Å². The molecule has 10 nitrogen and oxygen atoms in total. The lowest BCUT2D eigenvalue weighted by atomic mass is 10.2. The van der Waals surface area contributed by atoms with Crippen molar-refractivity contribution >= 4 is 5.97 Å². The summed E-state index contributed by atoms with van der Waals surface area (Å²) in [5.74, 6) is -1.23. The molecule has 0 spiro atoms. The molecule has 4 aromatic rings. The Labute approximate surface area is 176 Å². The van der Waals surface area contributed by atoms with Crippen molar-refractivity contribution in [2.24, 2.45) is 0 Å². The molecular weight excluding hydrogens is 400 g/mol. The summed E-state index contributed by atoms with van der Waals surface area (Å²) in [5.41, 5.74) is 2.04. The van der Waals surface area contributed by atoms with E-state index in [1.165, 1.54) is 6.20 Å². The van der Waals surface area contributed by atoms with E-state index >= 15 is 0 Å². The first-order chi connectivity index (χ1) is 15.1. The zero-order chi connectivity index (χ0) is 21.6. The Kier molecular flexibility index (Phi) is 5.90. The van der Waals surface area contributed by atoms with Crippen molar-refractivity contribution in [3.8, 4) is 16.9 Å². The predicted octanol–water partition coefficient (Wildman–Crippen LogP) is 1.80. The van der Waals surface area contributed by atoms with Crippen LogP contribution in [-0.2, 0) is 17.9 Å². The molecule has 31 heavy (non-hydrogen) atoms. The average molecular weight is 418 g/mol. The van der Waals surface area contributed by atoms with Crippen molar-refractivity contribution in [1.82, 2.24) is 29.8 Å². The molecule has 0 amide bonds. The minimum absolute atomic E-state index is 0.243. The van der Waals surface area contributed by atoms with Gasteiger partial charge in [-0.15, -0.1) is 5.10 Å². The molecule has 0 saturated carbocycles. The maximum atomic E-state index is 12.2. The molecule has 0 aliphatic rings. The van der Waals surface area contributed by atoms with Crippen LogP contribution in [0.2, 0.25) is 0 Å². The van der Waals surface area contributed by atoms with E-state index in [1.54, 1.807) is 23.1 Å². The van der Waals surface area contributed by atoms with E-state index in [2.05, 4.69) is 20.4 Å². The molecular formula is C21H18N6O4. The Morgan fingerprint density at radius 3 is 2.71 bits per heavy atom. The summed E-state index contributed by atoms with van der Waals surface area (Å²) in [4.78, 5) is 27.5. The molecule has 0 saturated heterocycles. The summed E-state index contributed by atoms with van der Waals surface area (Å²) < 4.78 is 8.39. The Hall–Kier alpha value is -4.18. The van der Waals surface area contributed by atoms with Gasteiger partial charge in [-0.25, -0.2) is 9.48 Å². The average Bonchev–Trinajstić information content (AvgIpc) is 3.26. The zero-order valence-electron chi connectivity index (χ0n) is 16.3. The van der Waals surface area contributed by atoms with Crippen molar-refractivity contribution in [2.45, 2.75) is 13.2 Å². The van der Waals surface area contributed by atoms with Gasteiger partial charge in [0.15, 0.2) is 5.69 Å². The minimum Gasteiger partial charge on any atom is -0.476 e. The van der Waals surface area contributed by atoms with Crippen LogP contribution in [0, 0.1) is 0 Å². The number of aromatic carboxylic acids is 1. The lowest BCUT2D eigenvalue weighted by Gasteiger charge is -2.09. The van der Waals surface area contributed by atoms with Gasteiger partial charge in [0.1, 0.15) is 0 Å². The van der Waals surface area contributed by atoms with Gasteiger partial charge in [-0.3, -0.25) is 9.78 Å². The Morgan fingerprint density at radius 2 is 1.90 bits per heavy atom. The quantitative estimate of drug-likeness (QED) is 0.430. The Morgan fingerprint density at radius 1 is 1.06 bits per heavy atom. The largest absolute Gasteiger partial charge is 0.476 e. The molecule has 0 atom stereocenters. The smallest absolute Gasteiger partial charge is 0.356 e. The van der Waals surface area contributed by atoms with Crippen LogP contribution in [0.5, 0.6) is 0 Å². The van der Waals surface area contributed by atoms with E-state index in [0.29, 0.717) is 36.7 Å². The monoisotopic (exact) mass is 418 g/mol. The highest BCUT2D eigenvalue weighted by Crippen LogP contribution is 2.19. The number of benzene rings is 1. The third-order valence-electron chi connectivity index (χ3n) is 4.46. The number of nitrogens with zero attached hydrogens (tertiary/aromatic N) is 6. The fraction of sp³-hybridized carbons (Fsp3) is 0.143. The van der Waals surface area contributed by atoms with Crippen molar-refractivity contribution in [1.29, 1.82) is 0 Å². The molecule has 3 aromatic heterocycles. The molecule has 0 bridgehead atoms. The van der Waals surface area contributed by atoms with Gasteiger partial charge in [0.25, 0.3) is 5.56 Å². The Bertz CT molecular complexity index is 1250. The van der Waals surface area contributed by atoms with Gasteiger partial charge >= 0.3 is 5.97 Å². The van der Waals surface area contributed by atoms with Gasteiger partial charge in [-0.1, -0.05) is 35.5 Å². The molecule has 0 aliphatic carbocycles. The van der Waals surface area contributed by atoms with Crippen molar-refractivity contribution < 1.29 is 14.6 Å². The van der Waals surface area contributed by atoms with Gasteiger partial charge in [0.05, 0.1) is 43.5 Å². The normalized spacial score (nSPS) is 10.8. The first kappa shape index (κ1) is 20.1. The molecule has 1 aromatic carbocycles. The lowest BCUT2D eigenvalue weighted by molar-refractivity contribution is 0.0688. The number of carboxylic acid groups (broad SMARTS) is 1. The van der Waals surface area contributed by atoms with Gasteiger partial charge in [0, 0.05) is 17.8 Å². The van der Waals surface area contributed by atoms with Crippen LogP contribution < -0.4 is 5.56 Å². The number of carboxylic acids is 1. The first-order valence-corrected chi connectivity index (χ1v) is 9.41. The maximum absolute atomic E-state index is 12.2. The van der Waals surface area contributed by atoms with Crippen molar-refractivity contribution in [3.63, 3.8) is 0 Å². The number of ether oxygens (including phenoxy) is 1. The number of hydrogen-bond donors (Lipinski definition) is 1. The lowest BCUT2D eigenvalue weighted by Crippen LogP contribution is -2.22. The van der Waals surface area contributed by atoms with Crippen LogP contribution in [0.3, 0.4) is 0 Å². The van der Waals surface area contributed by atoms with E-state index in [0.717, 1.165) is 22.4 Å². The summed E-state index contributed by atoms with van der Waals surface area (Å²) in [7, 11) is 0. The summed E-state index contributed by atoms with van der Waals surface area (Å²) >= 11 is 0. The first-order valence-electron chi connectivity index (χ1n) is 9.41. The predicted molar refractivity (Wildman–Crippen MR) is 110 cm³/mol. The number of hydrogen-bond acceptors (Lipinski definition) is 7. The number of rotatable bonds is 8. The van der Waals surface area contributed by atoms with E-state index in [-0.39, 0.29) is 5.69 Å². The molecule has 0 unspecified atom stereocenters. The van der Waals surface area contributed by atoms with Crippen molar-refractivity contribution in [2.75, 3.05) is 6.61 Å². The second-order valence-corrected chi connectivity index (χ2v) is 6.59. The highest BCUT2D eigenvalue weighted by molar-refractivity contribution is 5.84. The van der Waals surface area contributed by atoms with Crippen LogP contribution in [0.25, 0.3) is 16.9 Å². The summed E-state index contributed by atoms with van der Waals surface area (Å²) in [6.45, 7) is 1.40. The van der Waals surface area contributed by atoms with E-state index in [4.69, 9.17) is 9.84 Å². The second kappa shape index (κ2) is 9.09. The molecule has 4 rings (SSSR count).